The number of nitro benzene ring substituents is 1. The average molecular weight is 273 g/mol. The van der Waals surface area contributed by atoms with E-state index in [9.17, 15) is 19.7 Å². The van der Waals surface area contributed by atoms with E-state index in [1.807, 2.05) is 0 Å². The van der Waals surface area contributed by atoms with Crippen molar-refractivity contribution in [3.05, 3.63) is 68.6 Å². The molecule has 0 saturated heterocycles. The Morgan fingerprint density at radius 1 is 1.20 bits per heavy atom. The second-order valence-corrected chi connectivity index (χ2v) is 4.07. The van der Waals surface area contributed by atoms with Crippen LogP contribution >= 0.6 is 0 Å². The molecule has 0 aliphatic heterocycles. The third-order valence-corrected chi connectivity index (χ3v) is 2.75. The Labute approximate surface area is 113 Å². The number of amides is 1. The van der Waals surface area contributed by atoms with Gasteiger partial charge in [-0.3, -0.25) is 19.7 Å². The van der Waals surface area contributed by atoms with Crippen LogP contribution in [0.4, 0.5) is 11.4 Å². The van der Waals surface area contributed by atoms with E-state index in [4.69, 9.17) is 0 Å². The van der Waals surface area contributed by atoms with Gasteiger partial charge in [-0.2, -0.15) is 0 Å². The SMILES string of the molecule is CN(C(=O)c1cccc(=O)[nH]1)c1ccc([N+](=O)[O-])cc1. The Morgan fingerprint density at radius 2 is 1.85 bits per heavy atom. The van der Waals surface area contributed by atoms with Gasteiger partial charge >= 0.3 is 0 Å². The van der Waals surface area contributed by atoms with E-state index >= 15 is 0 Å². The number of carbonyl (C=O) groups excluding carboxylic acids is 1. The molecule has 1 aromatic carbocycles. The van der Waals surface area contributed by atoms with E-state index in [-0.39, 0.29) is 16.9 Å². The fourth-order valence-electron chi connectivity index (χ4n) is 1.67. The molecular formula is C13H11N3O4. The second-order valence-electron chi connectivity index (χ2n) is 4.07. The topological polar surface area (TPSA) is 96.3 Å². The zero-order chi connectivity index (χ0) is 14.7. The van der Waals surface area contributed by atoms with Crippen molar-refractivity contribution in [1.82, 2.24) is 4.98 Å². The van der Waals surface area contributed by atoms with E-state index in [1.165, 1.54) is 54.4 Å². The molecule has 0 atom stereocenters. The van der Waals surface area contributed by atoms with E-state index in [1.54, 1.807) is 0 Å². The molecule has 1 aromatic heterocycles. The minimum Gasteiger partial charge on any atom is -0.318 e. The van der Waals surface area contributed by atoms with Crippen LogP contribution in [0.2, 0.25) is 0 Å². The molecule has 0 fully saturated rings. The number of non-ortho nitro benzene ring substituents is 1. The summed E-state index contributed by atoms with van der Waals surface area (Å²) in [4.78, 5) is 37.1. The summed E-state index contributed by atoms with van der Waals surface area (Å²) in [5.41, 5.74) is 0.222. The maximum absolute atomic E-state index is 12.1. The van der Waals surface area contributed by atoms with E-state index in [2.05, 4.69) is 4.98 Å². The molecule has 102 valence electrons. The number of pyridine rings is 1. The van der Waals surface area contributed by atoms with Crippen LogP contribution in [-0.2, 0) is 0 Å². The molecule has 20 heavy (non-hydrogen) atoms. The number of benzene rings is 1. The third kappa shape index (κ3) is 2.72. The van der Waals surface area contributed by atoms with Crippen LogP contribution in [0, 0.1) is 10.1 Å². The van der Waals surface area contributed by atoms with Gasteiger partial charge in [0.1, 0.15) is 5.69 Å². The maximum Gasteiger partial charge on any atom is 0.274 e. The molecule has 0 aliphatic carbocycles. The van der Waals surface area contributed by atoms with Crippen LogP contribution < -0.4 is 10.5 Å². The number of anilines is 1. The number of carbonyl (C=O) groups is 1. The first-order valence-electron chi connectivity index (χ1n) is 5.71. The first-order valence-corrected chi connectivity index (χ1v) is 5.71. The Morgan fingerprint density at radius 3 is 2.40 bits per heavy atom. The molecule has 7 heteroatoms. The summed E-state index contributed by atoms with van der Waals surface area (Å²) in [7, 11) is 1.52. The Bertz CT molecular complexity index is 706. The van der Waals surface area contributed by atoms with E-state index in [0.29, 0.717) is 5.69 Å². The molecule has 0 spiro atoms. The summed E-state index contributed by atoms with van der Waals surface area (Å²) in [6.07, 6.45) is 0. The molecule has 1 amide bonds. The van der Waals surface area contributed by atoms with Crippen molar-refractivity contribution in [2.45, 2.75) is 0 Å². The number of hydrogen-bond donors (Lipinski definition) is 1. The van der Waals surface area contributed by atoms with E-state index in [0.717, 1.165) is 0 Å². The normalized spacial score (nSPS) is 10.1. The third-order valence-electron chi connectivity index (χ3n) is 2.75. The number of nitrogens with zero attached hydrogens (tertiary/aromatic N) is 2. The molecule has 0 bridgehead atoms. The van der Waals surface area contributed by atoms with Gasteiger partial charge in [-0.15, -0.1) is 0 Å². The highest BCUT2D eigenvalue weighted by Gasteiger charge is 2.15. The van der Waals surface area contributed by atoms with E-state index < -0.39 is 10.8 Å². The average Bonchev–Trinajstić information content (AvgIpc) is 2.46. The monoisotopic (exact) mass is 273 g/mol. The molecular weight excluding hydrogens is 262 g/mol. The van der Waals surface area contributed by atoms with Gasteiger partial charge < -0.3 is 9.88 Å². The van der Waals surface area contributed by atoms with Gasteiger partial charge in [0, 0.05) is 30.9 Å². The Hall–Kier alpha value is -2.96. The number of hydrogen-bond acceptors (Lipinski definition) is 4. The molecule has 7 nitrogen and oxygen atoms in total. The number of nitrogens with one attached hydrogen (secondary N) is 1. The van der Waals surface area contributed by atoms with Crippen molar-refractivity contribution in [3.63, 3.8) is 0 Å². The standard InChI is InChI=1S/C13H11N3O4/c1-15(9-5-7-10(8-6-9)16(19)20)13(18)11-3-2-4-12(17)14-11/h2-8H,1H3,(H,14,17). The summed E-state index contributed by atoms with van der Waals surface area (Å²) >= 11 is 0. The molecule has 2 rings (SSSR count). The molecule has 0 saturated carbocycles. The first kappa shape index (κ1) is 13.5. The van der Waals surface area contributed by atoms with Gasteiger partial charge in [0.15, 0.2) is 0 Å². The minimum atomic E-state index is -0.514. The Kier molecular flexibility index (Phi) is 3.60. The summed E-state index contributed by atoms with van der Waals surface area (Å²) in [6.45, 7) is 0. The summed E-state index contributed by atoms with van der Waals surface area (Å²) in [6, 6.07) is 9.85. The first-order chi connectivity index (χ1) is 9.49. The molecule has 1 heterocycles. The number of aromatic nitrogens is 1. The van der Waals surface area contributed by atoms with Crippen LogP contribution in [0.5, 0.6) is 0 Å². The van der Waals surface area contributed by atoms with Crippen molar-refractivity contribution in [3.8, 4) is 0 Å². The van der Waals surface area contributed by atoms with Gasteiger partial charge in [-0.1, -0.05) is 6.07 Å². The van der Waals surface area contributed by atoms with Gasteiger partial charge in [-0.05, 0) is 18.2 Å². The van der Waals surface area contributed by atoms with Crippen LogP contribution in [0.1, 0.15) is 10.5 Å². The van der Waals surface area contributed by atoms with Crippen molar-refractivity contribution < 1.29 is 9.72 Å². The van der Waals surface area contributed by atoms with Gasteiger partial charge in [0.05, 0.1) is 4.92 Å². The number of aromatic amines is 1. The van der Waals surface area contributed by atoms with Crippen LogP contribution in [0.25, 0.3) is 0 Å². The van der Waals surface area contributed by atoms with Gasteiger partial charge in [0.2, 0.25) is 5.56 Å². The minimum absolute atomic E-state index is 0.0530. The maximum atomic E-state index is 12.1. The molecule has 1 N–H and O–H groups in total. The lowest BCUT2D eigenvalue weighted by Crippen LogP contribution is -2.28. The lowest BCUT2D eigenvalue weighted by atomic mass is 10.2. The predicted molar refractivity (Wildman–Crippen MR) is 72.9 cm³/mol. The van der Waals surface area contributed by atoms with Crippen molar-refractivity contribution in [1.29, 1.82) is 0 Å². The second kappa shape index (κ2) is 5.35. The highest BCUT2D eigenvalue weighted by molar-refractivity contribution is 6.04. The molecule has 0 unspecified atom stereocenters. The largest absolute Gasteiger partial charge is 0.318 e. The van der Waals surface area contributed by atoms with Gasteiger partial charge in [0.25, 0.3) is 11.6 Å². The summed E-state index contributed by atoms with van der Waals surface area (Å²) in [5.74, 6) is -0.406. The molecule has 2 aromatic rings. The number of H-pyrrole nitrogens is 1. The fraction of sp³-hybridized carbons (Fsp3) is 0.0769. The lowest BCUT2D eigenvalue weighted by molar-refractivity contribution is -0.384. The van der Waals surface area contributed by atoms with Crippen LogP contribution in [-0.4, -0.2) is 22.9 Å². The zero-order valence-electron chi connectivity index (χ0n) is 10.6. The number of nitro groups is 1. The van der Waals surface area contributed by atoms with Crippen molar-refractivity contribution in [2.75, 3.05) is 11.9 Å². The quantitative estimate of drug-likeness (QED) is 0.678. The van der Waals surface area contributed by atoms with Crippen LogP contribution in [0.3, 0.4) is 0 Å². The lowest BCUT2D eigenvalue weighted by Gasteiger charge is -2.16. The summed E-state index contributed by atoms with van der Waals surface area (Å²) in [5, 5.41) is 10.6. The predicted octanol–water partition coefficient (Wildman–Crippen LogP) is 1.56. The molecule has 0 aliphatic rings. The van der Waals surface area contributed by atoms with Gasteiger partial charge in [-0.25, -0.2) is 0 Å². The Balaban J connectivity index is 2.26. The number of rotatable bonds is 3. The fourth-order valence-corrected chi connectivity index (χ4v) is 1.67. The summed E-state index contributed by atoms with van der Waals surface area (Å²) < 4.78 is 0. The van der Waals surface area contributed by atoms with Crippen LogP contribution in [0.15, 0.2) is 47.3 Å². The van der Waals surface area contributed by atoms with Crippen molar-refractivity contribution in [2.24, 2.45) is 0 Å². The smallest absolute Gasteiger partial charge is 0.274 e. The van der Waals surface area contributed by atoms with Crippen molar-refractivity contribution >= 4 is 17.3 Å². The zero-order valence-corrected chi connectivity index (χ0v) is 10.6. The highest BCUT2D eigenvalue weighted by Crippen LogP contribution is 2.19. The highest BCUT2D eigenvalue weighted by atomic mass is 16.6. The molecule has 0 radical (unpaired) electrons.